The summed E-state index contributed by atoms with van der Waals surface area (Å²) < 4.78 is 12.6. The summed E-state index contributed by atoms with van der Waals surface area (Å²) in [6.45, 7) is 5.48. The van der Waals surface area contributed by atoms with Crippen LogP contribution in [0.25, 0.3) is 0 Å². The molecule has 1 amide bonds. The zero-order valence-electron chi connectivity index (χ0n) is 15.7. The highest BCUT2D eigenvalue weighted by molar-refractivity contribution is 5.94. The Balaban J connectivity index is 1.59. The summed E-state index contributed by atoms with van der Waals surface area (Å²) >= 11 is 0. The maximum Gasteiger partial charge on any atom is 0.253 e. The van der Waals surface area contributed by atoms with E-state index in [0.717, 1.165) is 18.5 Å². The van der Waals surface area contributed by atoms with Gasteiger partial charge in [-0.2, -0.15) is 0 Å². The molecule has 0 radical (unpaired) electrons. The molecule has 27 heavy (non-hydrogen) atoms. The molecule has 1 aliphatic rings. The van der Waals surface area contributed by atoms with Gasteiger partial charge in [-0.3, -0.25) is 14.2 Å². The van der Waals surface area contributed by atoms with Gasteiger partial charge in [0.25, 0.3) is 11.5 Å². The van der Waals surface area contributed by atoms with Crippen LogP contribution in [0.2, 0.25) is 0 Å². The Morgan fingerprint density at radius 1 is 1.19 bits per heavy atom. The molecular formula is C20H25N3O4. The molecule has 1 aliphatic carbocycles. The number of hydrogen-bond donors (Lipinski definition) is 1. The Hall–Kier alpha value is -2.83. The van der Waals surface area contributed by atoms with Crippen molar-refractivity contribution in [2.75, 3.05) is 19.8 Å². The van der Waals surface area contributed by atoms with Crippen LogP contribution in [0.3, 0.4) is 0 Å². The number of benzene rings is 1. The SMILES string of the molecule is CCOc1ccc(C(=O)NCCn2cnc(C3CC3)cc2=O)cc1OCC. The van der Waals surface area contributed by atoms with E-state index in [1.54, 1.807) is 30.6 Å². The molecule has 0 bridgehead atoms. The molecule has 3 rings (SSSR count). The molecule has 1 saturated carbocycles. The third-order valence-electron chi connectivity index (χ3n) is 4.34. The standard InChI is InChI=1S/C20H25N3O4/c1-3-26-17-8-7-15(11-18(17)27-4-2)20(25)21-9-10-23-13-22-16(12-19(23)24)14-5-6-14/h7-8,11-14H,3-6,9-10H2,1-2H3,(H,21,25). The predicted octanol–water partition coefficient (Wildman–Crippen LogP) is 2.35. The lowest BCUT2D eigenvalue weighted by Gasteiger charge is -2.13. The third kappa shape index (κ3) is 4.87. The van der Waals surface area contributed by atoms with Gasteiger partial charge in [-0.25, -0.2) is 4.98 Å². The van der Waals surface area contributed by atoms with E-state index in [1.165, 1.54) is 4.57 Å². The van der Waals surface area contributed by atoms with E-state index in [4.69, 9.17) is 9.47 Å². The van der Waals surface area contributed by atoms with Crippen molar-refractivity contribution in [2.45, 2.75) is 39.2 Å². The van der Waals surface area contributed by atoms with Crippen LogP contribution in [0.1, 0.15) is 48.7 Å². The molecule has 0 unspecified atom stereocenters. The largest absolute Gasteiger partial charge is 0.490 e. The lowest BCUT2D eigenvalue weighted by molar-refractivity contribution is 0.0951. The van der Waals surface area contributed by atoms with Gasteiger partial charge in [0.1, 0.15) is 0 Å². The van der Waals surface area contributed by atoms with Crippen LogP contribution in [0.4, 0.5) is 0 Å². The molecule has 0 aliphatic heterocycles. The topological polar surface area (TPSA) is 82.5 Å². The van der Waals surface area contributed by atoms with Crippen molar-refractivity contribution in [3.63, 3.8) is 0 Å². The second-order valence-corrected chi connectivity index (χ2v) is 6.40. The van der Waals surface area contributed by atoms with E-state index in [0.29, 0.717) is 49.3 Å². The first-order valence-corrected chi connectivity index (χ1v) is 9.36. The summed E-state index contributed by atoms with van der Waals surface area (Å²) in [6, 6.07) is 6.69. The number of ether oxygens (including phenoxy) is 2. The van der Waals surface area contributed by atoms with Crippen molar-refractivity contribution in [2.24, 2.45) is 0 Å². The number of nitrogens with zero attached hydrogens (tertiary/aromatic N) is 2. The van der Waals surface area contributed by atoms with Crippen molar-refractivity contribution in [1.29, 1.82) is 0 Å². The monoisotopic (exact) mass is 371 g/mol. The number of rotatable bonds is 9. The summed E-state index contributed by atoms with van der Waals surface area (Å²) in [7, 11) is 0. The first-order chi connectivity index (χ1) is 13.1. The fourth-order valence-corrected chi connectivity index (χ4v) is 2.79. The summed E-state index contributed by atoms with van der Waals surface area (Å²) in [5, 5.41) is 2.82. The average Bonchev–Trinajstić information content (AvgIpc) is 3.50. The zero-order chi connectivity index (χ0) is 19.2. The lowest BCUT2D eigenvalue weighted by Crippen LogP contribution is -2.31. The molecule has 1 N–H and O–H groups in total. The van der Waals surface area contributed by atoms with E-state index in [9.17, 15) is 9.59 Å². The Bertz CT molecular complexity index is 859. The molecule has 1 fully saturated rings. The summed E-state index contributed by atoms with van der Waals surface area (Å²) in [4.78, 5) is 28.8. The van der Waals surface area contributed by atoms with Crippen molar-refractivity contribution in [3.05, 3.63) is 52.2 Å². The van der Waals surface area contributed by atoms with Gasteiger partial charge in [-0.1, -0.05) is 0 Å². The molecule has 2 aromatic rings. The number of nitrogens with one attached hydrogen (secondary N) is 1. The molecule has 0 saturated heterocycles. The number of carbonyl (C=O) groups excluding carboxylic acids is 1. The van der Waals surface area contributed by atoms with Crippen LogP contribution in [0.5, 0.6) is 11.5 Å². The molecule has 144 valence electrons. The van der Waals surface area contributed by atoms with Crippen molar-refractivity contribution in [3.8, 4) is 11.5 Å². The summed E-state index contributed by atoms with van der Waals surface area (Å²) in [5.74, 6) is 1.38. The minimum atomic E-state index is -0.227. The Morgan fingerprint density at radius 3 is 2.59 bits per heavy atom. The van der Waals surface area contributed by atoms with Crippen LogP contribution in [-0.4, -0.2) is 35.2 Å². The van der Waals surface area contributed by atoms with Gasteiger partial charge in [0.2, 0.25) is 0 Å². The van der Waals surface area contributed by atoms with Gasteiger partial charge in [0, 0.05) is 30.6 Å². The van der Waals surface area contributed by atoms with E-state index in [1.807, 2.05) is 13.8 Å². The predicted molar refractivity (Wildman–Crippen MR) is 102 cm³/mol. The third-order valence-corrected chi connectivity index (χ3v) is 4.34. The molecule has 1 aromatic heterocycles. The van der Waals surface area contributed by atoms with Gasteiger partial charge in [-0.15, -0.1) is 0 Å². The van der Waals surface area contributed by atoms with Gasteiger partial charge in [0.15, 0.2) is 11.5 Å². The highest BCUT2D eigenvalue weighted by Crippen LogP contribution is 2.38. The highest BCUT2D eigenvalue weighted by Gasteiger charge is 2.25. The molecular weight excluding hydrogens is 346 g/mol. The van der Waals surface area contributed by atoms with Gasteiger partial charge >= 0.3 is 0 Å². The fourth-order valence-electron chi connectivity index (χ4n) is 2.79. The molecule has 1 heterocycles. The smallest absolute Gasteiger partial charge is 0.253 e. The molecule has 7 heteroatoms. The fraction of sp³-hybridized carbons (Fsp3) is 0.450. The minimum absolute atomic E-state index is 0.0825. The quantitative estimate of drug-likeness (QED) is 0.732. The normalized spacial score (nSPS) is 13.3. The lowest BCUT2D eigenvalue weighted by atomic mass is 10.2. The first kappa shape index (κ1) is 18.9. The summed E-state index contributed by atoms with van der Waals surface area (Å²) in [5.41, 5.74) is 1.27. The van der Waals surface area contributed by atoms with Gasteiger partial charge < -0.3 is 14.8 Å². The molecule has 0 atom stereocenters. The van der Waals surface area contributed by atoms with Gasteiger partial charge in [-0.05, 0) is 44.9 Å². The number of hydrogen-bond acceptors (Lipinski definition) is 5. The zero-order valence-corrected chi connectivity index (χ0v) is 15.7. The maximum absolute atomic E-state index is 12.4. The first-order valence-electron chi connectivity index (χ1n) is 9.36. The van der Waals surface area contributed by atoms with Crippen molar-refractivity contribution >= 4 is 5.91 Å². The molecule has 0 spiro atoms. The second kappa shape index (κ2) is 8.70. The van der Waals surface area contributed by atoms with Crippen LogP contribution in [0.15, 0.2) is 35.4 Å². The van der Waals surface area contributed by atoms with Gasteiger partial charge in [0.05, 0.1) is 25.2 Å². The Morgan fingerprint density at radius 2 is 1.93 bits per heavy atom. The van der Waals surface area contributed by atoms with Crippen LogP contribution in [-0.2, 0) is 6.54 Å². The number of carbonyl (C=O) groups is 1. The minimum Gasteiger partial charge on any atom is -0.490 e. The second-order valence-electron chi connectivity index (χ2n) is 6.40. The molecule has 7 nitrogen and oxygen atoms in total. The van der Waals surface area contributed by atoms with Crippen LogP contribution < -0.4 is 20.3 Å². The number of aromatic nitrogens is 2. The van der Waals surface area contributed by atoms with Crippen LogP contribution in [0, 0.1) is 0 Å². The number of amides is 1. The Kier molecular flexibility index (Phi) is 6.11. The van der Waals surface area contributed by atoms with E-state index >= 15 is 0 Å². The highest BCUT2D eigenvalue weighted by atomic mass is 16.5. The maximum atomic E-state index is 12.4. The van der Waals surface area contributed by atoms with E-state index in [-0.39, 0.29) is 11.5 Å². The Labute approximate surface area is 158 Å². The summed E-state index contributed by atoms with van der Waals surface area (Å²) in [6.07, 6.45) is 3.78. The van der Waals surface area contributed by atoms with Crippen molar-refractivity contribution < 1.29 is 14.3 Å². The van der Waals surface area contributed by atoms with Crippen molar-refractivity contribution in [1.82, 2.24) is 14.9 Å². The van der Waals surface area contributed by atoms with E-state index < -0.39 is 0 Å². The molecule has 1 aromatic carbocycles. The van der Waals surface area contributed by atoms with Crippen LogP contribution >= 0.6 is 0 Å². The average molecular weight is 371 g/mol. The van der Waals surface area contributed by atoms with E-state index in [2.05, 4.69) is 10.3 Å².